The van der Waals surface area contributed by atoms with Crippen molar-refractivity contribution in [3.8, 4) is 0 Å². The molecule has 0 bridgehead atoms. The fraction of sp³-hybridized carbons (Fsp3) is 0.481. The van der Waals surface area contributed by atoms with Crippen LogP contribution in [0.15, 0.2) is 64.6 Å². The zero-order valence-corrected chi connectivity index (χ0v) is 21.7. The molecule has 5 rings (SSSR count). The molecule has 3 heterocycles. The smallest absolute Gasteiger partial charge is 0.388 e. The van der Waals surface area contributed by atoms with Crippen LogP contribution < -0.4 is 0 Å². The highest BCUT2D eigenvalue weighted by molar-refractivity contribution is 7.89. The molecule has 0 unspecified atom stereocenters. The van der Waals surface area contributed by atoms with Gasteiger partial charge in [-0.05, 0) is 48.9 Å². The number of halogens is 3. The van der Waals surface area contributed by atoms with Crippen molar-refractivity contribution in [2.45, 2.75) is 55.2 Å². The average molecular weight is 550 g/mol. The number of rotatable bonds is 5. The lowest BCUT2D eigenvalue weighted by atomic mass is 9.87. The number of hydrogen-bond donors (Lipinski definition) is 0. The van der Waals surface area contributed by atoms with Gasteiger partial charge in [-0.1, -0.05) is 41.6 Å². The zero-order valence-electron chi connectivity index (χ0n) is 20.9. The Morgan fingerprint density at radius 1 is 1.00 bits per heavy atom. The monoisotopic (exact) mass is 549 g/mol. The molecule has 3 aliphatic rings. The molecule has 7 nitrogen and oxygen atoms in total. The SMILES string of the molecule is O=C(C1=NOC2(CCN(S(=O)(=O)c3cccc(C(F)(F)F)c3)CC2)C1)N1CCC(Cc2ccccc2)CC1. The molecule has 3 aliphatic heterocycles. The number of carbonyl (C=O) groups is 1. The molecule has 0 aromatic heterocycles. The van der Waals surface area contributed by atoms with Gasteiger partial charge < -0.3 is 9.74 Å². The second-order valence-corrected chi connectivity index (χ2v) is 12.3. The van der Waals surface area contributed by atoms with Crippen LogP contribution in [0.4, 0.5) is 13.2 Å². The van der Waals surface area contributed by atoms with Gasteiger partial charge in [0.1, 0.15) is 11.3 Å². The van der Waals surface area contributed by atoms with Crippen LogP contribution in [0.1, 0.15) is 43.2 Å². The zero-order chi connectivity index (χ0) is 27.0. The maximum absolute atomic E-state index is 13.1. The van der Waals surface area contributed by atoms with Crippen molar-refractivity contribution >= 4 is 21.6 Å². The fourth-order valence-electron chi connectivity index (χ4n) is 5.49. The minimum absolute atomic E-state index is 0.0699. The number of likely N-dealkylation sites (tertiary alicyclic amines) is 1. The standard InChI is InChI=1S/C27H30F3N3O4S/c28-27(29,30)22-7-4-8-23(18-22)38(35,36)33-15-11-26(12-16-33)19-24(31-37-26)25(34)32-13-9-21(10-14-32)17-20-5-2-1-3-6-20/h1-8,18,21H,9-17,19H2. The molecule has 2 aromatic carbocycles. The van der Waals surface area contributed by atoms with Gasteiger partial charge in [0.25, 0.3) is 5.91 Å². The molecule has 2 aromatic rings. The molecule has 204 valence electrons. The van der Waals surface area contributed by atoms with Crippen LogP contribution in [0, 0.1) is 5.92 Å². The van der Waals surface area contributed by atoms with E-state index in [-0.39, 0.29) is 19.0 Å². The number of oxime groups is 1. The van der Waals surface area contributed by atoms with E-state index < -0.39 is 32.3 Å². The fourth-order valence-corrected chi connectivity index (χ4v) is 6.98. The number of piperidine rings is 2. The lowest BCUT2D eigenvalue weighted by Gasteiger charge is -2.36. The average Bonchev–Trinajstić information content (AvgIpc) is 3.32. The van der Waals surface area contributed by atoms with Gasteiger partial charge >= 0.3 is 6.18 Å². The summed E-state index contributed by atoms with van der Waals surface area (Å²) in [6.07, 6.45) is -0.907. The molecule has 11 heteroatoms. The van der Waals surface area contributed by atoms with Crippen LogP contribution in [-0.4, -0.2) is 61.0 Å². The Balaban J connectivity index is 1.14. The minimum atomic E-state index is -4.63. The lowest BCUT2D eigenvalue weighted by Crippen LogP contribution is -2.48. The molecular formula is C27H30F3N3O4S. The maximum Gasteiger partial charge on any atom is 0.416 e. The third-order valence-electron chi connectivity index (χ3n) is 7.79. The van der Waals surface area contributed by atoms with Crippen LogP contribution in [0.5, 0.6) is 0 Å². The predicted molar refractivity (Wildman–Crippen MR) is 135 cm³/mol. The Kier molecular flexibility index (Phi) is 7.25. The van der Waals surface area contributed by atoms with Gasteiger partial charge in [0.15, 0.2) is 0 Å². The summed E-state index contributed by atoms with van der Waals surface area (Å²) in [6, 6.07) is 14.1. The molecule has 2 fully saturated rings. The molecular weight excluding hydrogens is 519 g/mol. The third kappa shape index (κ3) is 5.58. The molecule has 0 atom stereocenters. The van der Waals surface area contributed by atoms with Gasteiger partial charge in [-0.25, -0.2) is 8.42 Å². The summed E-state index contributed by atoms with van der Waals surface area (Å²) in [4.78, 5) is 20.3. The van der Waals surface area contributed by atoms with E-state index in [1.54, 1.807) is 0 Å². The first-order chi connectivity index (χ1) is 18.1. The highest BCUT2D eigenvalue weighted by Gasteiger charge is 2.46. The van der Waals surface area contributed by atoms with Crippen molar-refractivity contribution in [3.05, 3.63) is 65.7 Å². The first kappa shape index (κ1) is 26.7. The van der Waals surface area contributed by atoms with Gasteiger partial charge in [-0.15, -0.1) is 0 Å². The molecule has 1 spiro atoms. The van der Waals surface area contributed by atoms with E-state index in [2.05, 4.69) is 17.3 Å². The van der Waals surface area contributed by atoms with E-state index in [9.17, 15) is 26.4 Å². The van der Waals surface area contributed by atoms with Gasteiger partial charge in [-0.2, -0.15) is 17.5 Å². The van der Waals surface area contributed by atoms with Crippen LogP contribution in [0.3, 0.4) is 0 Å². The summed E-state index contributed by atoms with van der Waals surface area (Å²) >= 11 is 0. The summed E-state index contributed by atoms with van der Waals surface area (Å²) in [5, 5.41) is 4.09. The normalized spacial score (nSPS) is 20.8. The van der Waals surface area contributed by atoms with E-state index in [1.165, 1.54) is 15.9 Å². The maximum atomic E-state index is 13.1. The van der Waals surface area contributed by atoms with Gasteiger partial charge in [0, 0.05) is 45.4 Å². The Bertz CT molecular complexity index is 1300. The predicted octanol–water partition coefficient (Wildman–Crippen LogP) is 4.49. The molecule has 0 aliphatic carbocycles. The second kappa shape index (κ2) is 10.3. The van der Waals surface area contributed by atoms with E-state index in [4.69, 9.17) is 4.84 Å². The van der Waals surface area contributed by atoms with E-state index in [0.29, 0.717) is 50.0 Å². The van der Waals surface area contributed by atoms with E-state index in [0.717, 1.165) is 31.4 Å². The van der Waals surface area contributed by atoms with E-state index in [1.807, 2.05) is 23.1 Å². The first-order valence-electron chi connectivity index (χ1n) is 12.8. The first-order valence-corrected chi connectivity index (χ1v) is 14.3. The summed E-state index contributed by atoms with van der Waals surface area (Å²) in [7, 11) is -4.10. The van der Waals surface area contributed by atoms with Crippen LogP contribution in [0.2, 0.25) is 0 Å². The number of carbonyl (C=O) groups excluding carboxylic acids is 1. The highest BCUT2D eigenvalue weighted by Crippen LogP contribution is 2.38. The molecule has 2 saturated heterocycles. The van der Waals surface area contributed by atoms with Crippen molar-refractivity contribution < 1.29 is 31.2 Å². The van der Waals surface area contributed by atoms with Crippen LogP contribution >= 0.6 is 0 Å². The summed E-state index contributed by atoms with van der Waals surface area (Å²) in [5.41, 5.74) is -0.127. The third-order valence-corrected chi connectivity index (χ3v) is 9.68. The number of amides is 1. The Morgan fingerprint density at radius 3 is 2.34 bits per heavy atom. The molecule has 0 N–H and O–H groups in total. The van der Waals surface area contributed by atoms with Crippen molar-refractivity contribution in [1.82, 2.24) is 9.21 Å². The summed E-state index contributed by atoms with van der Waals surface area (Å²) < 4.78 is 66.4. The molecule has 0 radical (unpaired) electrons. The van der Waals surface area contributed by atoms with Gasteiger partial charge in [0.05, 0.1) is 10.5 Å². The second-order valence-electron chi connectivity index (χ2n) is 10.3. The van der Waals surface area contributed by atoms with Gasteiger partial charge in [-0.3, -0.25) is 4.79 Å². The van der Waals surface area contributed by atoms with Gasteiger partial charge in [0.2, 0.25) is 10.0 Å². The number of alkyl halides is 3. The van der Waals surface area contributed by atoms with E-state index >= 15 is 0 Å². The Morgan fingerprint density at radius 2 is 1.68 bits per heavy atom. The minimum Gasteiger partial charge on any atom is -0.388 e. The summed E-state index contributed by atoms with van der Waals surface area (Å²) in [5.74, 6) is 0.386. The van der Waals surface area contributed by atoms with Crippen LogP contribution in [-0.2, 0) is 32.3 Å². The molecule has 1 amide bonds. The largest absolute Gasteiger partial charge is 0.416 e. The van der Waals surface area contributed by atoms with Crippen molar-refractivity contribution in [2.75, 3.05) is 26.2 Å². The molecule has 0 saturated carbocycles. The topological polar surface area (TPSA) is 79.3 Å². The number of nitrogens with zero attached hydrogens (tertiary/aromatic N) is 3. The number of sulfonamides is 1. The Hall–Kier alpha value is -2.92. The van der Waals surface area contributed by atoms with Crippen LogP contribution in [0.25, 0.3) is 0 Å². The molecule has 38 heavy (non-hydrogen) atoms. The van der Waals surface area contributed by atoms with Crippen molar-refractivity contribution in [1.29, 1.82) is 0 Å². The van der Waals surface area contributed by atoms with Crippen molar-refractivity contribution in [2.24, 2.45) is 11.1 Å². The van der Waals surface area contributed by atoms with Crippen molar-refractivity contribution in [3.63, 3.8) is 0 Å². The quantitative estimate of drug-likeness (QED) is 0.551. The highest BCUT2D eigenvalue weighted by atomic mass is 32.2. The lowest BCUT2D eigenvalue weighted by molar-refractivity contribution is -0.137. The number of hydrogen-bond acceptors (Lipinski definition) is 5. The Labute approximate surface area is 220 Å². The number of benzene rings is 2. The summed E-state index contributed by atoms with van der Waals surface area (Å²) in [6.45, 7) is 1.46.